The number of rotatable bonds is 8. The molecule has 5 atom stereocenters. The Morgan fingerprint density at radius 3 is 2.41 bits per heavy atom. The number of imidazole rings is 1. The summed E-state index contributed by atoms with van der Waals surface area (Å²) in [5.41, 5.74) is 2.18. The molecule has 0 amide bonds. The summed E-state index contributed by atoms with van der Waals surface area (Å²) in [5, 5.41) is 10.9. The summed E-state index contributed by atoms with van der Waals surface area (Å²) < 4.78 is 82.5. The first-order valence-corrected chi connectivity index (χ1v) is 24.6. The van der Waals surface area contributed by atoms with Crippen LogP contribution in [0, 0.1) is 31.4 Å². The van der Waals surface area contributed by atoms with E-state index in [0.29, 0.717) is 71.3 Å². The highest BCUT2D eigenvalue weighted by atomic mass is 32.2. The van der Waals surface area contributed by atoms with E-state index >= 15 is 17.2 Å². The average Bonchev–Trinajstić information content (AvgIpc) is 3.79. The van der Waals surface area contributed by atoms with Gasteiger partial charge in [0.2, 0.25) is 0 Å². The Labute approximate surface area is 389 Å². The molecular weight excluding hydrogens is 893 g/mol. The minimum Gasteiger partial charge on any atom is -0.376 e. The lowest BCUT2D eigenvalue weighted by atomic mass is 9.83. The molecule has 3 fully saturated rings. The Bertz CT molecular complexity index is 3620. The zero-order chi connectivity index (χ0) is 47.2. The summed E-state index contributed by atoms with van der Waals surface area (Å²) in [7, 11) is -4.44. The number of hydrogen-bond donors (Lipinski definition) is 1. The Morgan fingerprint density at radius 1 is 0.897 bits per heavy atom. The molecule has 350 valence electrons. The number of piperidine rings is 1. The van der Waals surface area contributed by atoms with Gasteiger partial charge in [0.05, 0.1) is 34.2 Å². The van der Waals surface area contributed by atoms with Crippen LogP contribution < -0.4 is 11.4 Å². The third kappa shape index (κ3) is 6.32. The summed E-state index contributed by atoms with van der Waals surface area (Å²) in [4.78, 5) is 34.2. The zero-order valence-corrected chi connectivity index (χ0v) is 39.0. The number of sulfonamides is 1. The second-order valence-electron chi connectivity index (χ2n) is 19.9. The predicted molar refractivity (Wildman–Crippen MR) is 248 cm³/mol. The van der Waals surface area contributed by atoms with Gasteiger partial charge in [0, 0.05) is 60.2 Å². The lowest BCUT2D eigenvalue weighted by Gasteiger charge is -2.44. The Balaban J connectivity index is 1.05. The smallest absolute Gasteiger partial charge is 0.376 e. The van der Waals surface area contributed by atoms with Crippen LogP contribution in [0.15, 0.2) is 98.5 Å². The molecule has 12 rings (SSSR count). The Kier molecular flexibility index (Phi) is 9.45. The normalized spacial score (nSPS) is 23.6. The summed E-state index contributed by atoms with van der Waals surface area (Å²) >= 11 is 0. The van der Waals surface area contributed by atoms with Crippen molar-refractivity contribution in [2.45, 2.75) is 114 Å². The summed E-state index contributed by atoms with van der Waals surface area (Å²) in [6.45, 7) is 10.1. The molecule has 8 heterocycles. The standard InChI is InChI=1S/C50H49F2N9O6S/c1-27-19-35(20-28(2)43(27)51)60-45(58-17-16-57(48(58)63)40-12-9-30-13-15-53-26-36(30)44(40)52)42-37(55-60)23-34-7-6-8-39(42)61(34)68(64,65)41-22-33-21-31(32-14-18-66-49(4,5)25-32)10-11-38(33)59(41)50(24-29(50)3)46-54-47(62)67-56-46/h9-13,15-17,19-22,26,29,32,34,39H,6-8,14,18,23-25H2,1-5H3,(H,54,56,62)/t29-,32-,34+,39-,50+/m0/s1. The van der Waals surface area contributed by atoms with Gasteiger partial charge in [0.1, 0.15) is 17.2 Å². The number of aromatic amines is 1. The van der Waals surface area contributed by atoms with E-state index in [1.165, 1.54) is 33.8 Å². The van der Waals surface area contributed by atoms with Crippen molar-refractivity contribution in [3.63, 3.8) is 0 Å². The van der Waals surface area contributed by atoms with Gasteiger partial charge >= 0.3 is 11.4 Å². The van der Waals surface area contributed by atoms with Crippen molar-refractivity contribution in [1.29, 1.82) is 0 Å². The molecule has 68 heavy (non-hydrogen) atoms. The van der Waals surface area contributed by atoms with Gasteiger partial charge in [-0.25, -0.2) is 31.5 Å². The molecule has 1 aliphatic carbocycles. The molecule has 3 aromatic carbocycles. The molecule has 18 heteroatoms. The second kappa shape index (κ2) is 15.0. The van der Waals surface area contributed by atoms with Gasteiger partial charge in [0.15, 0.2) is 16.7 Å². The molecule has 4 aliphatic rings. The summed E-state index contributed by atoms with van der Waals surface area (Å²) in [6, 6.07) is 14.8. The molecule has 2 saturated heterocycles. The zero-order valence-electron chi connectivity index (χ0n) is 38.2. The number of nitrogens with zero attached hydrogens (tertiary/aromatic N) is 8. The lowest BCUT2D eigenvalue weighted by molar-refractivity contribution is -0.0592. The number of H-pyrrole nitrogens is 1. The molecule has 15 nitrogen and oxygen atoms in total. The molecule has 2 bridgehead atoms. The van der Waals surface area contributed by atoms with E-state index in [2.05, 4.69) is 41.1 Å². The van der Waals surface area contributed by atoms with Gasteiger partial charge in [-0.3, -0.25) is 23.6 Å². The first-order chi connectivity index (χ1) is 32.6. The molecule has 3 aliphatic heterocycles. The monoisotopic (exact) mass is 941 g/mol. The van der Waals surface area contributed by atoms with E-state index in [9.17, 15) is 9.59 Å². The maximum atomic E-state index is 16.3. The Hall–Kier alpha value is -6.50. The number of nitrogens with one attached hydrogen (secondary N) is 1. The van der Waals surface area contributed by atoms with Crippen molar-refractivity contribution >= 4 is 31.7 Å². The van der Waals surface area contributed by atoms with Crippen LogP contribution in [0.4, 0.5) is 8.78 Å². The van der Waals surface area contributed by atoms with E-state index in [1.807, 2.05) is 17.6 Å². The fourth-order valence-electron chi connectivity index (χ4n) is 11.8. The molecule has 0 radical (unpaired) electrons. The van der Waals surface area contributed by atoms with Crippen LogP contribution in [0.1, 0.15) is 105 Å². The highest BCUT2D eigenvalue weighted by Crippen LogP contribution is 2.57. The number of pyridine rings is 1. The SMILES string of the molecule is Cc1cc(-n2nc3c(c2-n2ccn(-c4ccc5ccncc5c4F)c2=O)[C@@H]2CCC[C@H](C3)N2S(=O)(=O)c2cc3cc([C@H]4CCOC(C)(C)C4)ccc3n2[C@]2(c3noc(=O)[nH]3)C[C@@H]2C)cc(C)c1F. The van der Waals surface area contributed by atoms with E-state index in [4.69, 9.17) is 14.4 Å². The van der Waals surface area contributed by atoms with E-state index in [-0.39, 0.29) is 57.4 Å². The topological polar surface area (TPSA) is 168 Å². The number of aryl methyl sites for hydroxylation is 2. The molecule has 1 N–H and O–H groups in total. The van der Waals surface area contributed by atoms with Crippen LogP contribution in [0.3, 0.4) is 0 Å². The minimum atomic E-state index is -4.44. The maximum Gasteiger partial charge on any atom is 0.438 e. The second-order valence-corrected chi connectivity index (χ2v) is 21.6. The quantitative estimate of drug-likeness (QED) is 0.158. The van der Waals surface area contributed by atoms with Crippen molar-refractivity contribution in [2.75, 3.05) is 6.61 Å². The van der Waals surface area contributed by atoms with Gasteiger partial charge in [0.25, 0.3) is 10.0 Å². The highest BCUT2D eigenvalue weighted by Gasteiger charge is 2.60. The molecule has 1 saturated carbocycles. The highest BCUT2D eigenvalue weighted by molar-refractivity contribution is 7.89. The number of ether oxygens (including phenoxy) is 1. The number of hydrogen-bond acceptors (Lipinski definition) is 9. The van der Waals surface area contributed by atoms with Crippen LogP contribution in [-0.2, 0) is 26.7 Å². The van der Waals surface area contributed by atoms with E-state index in [1.54, 1.807) is 59.4 Å². The number of halogens is 2. The van der Waals surface area contributed by atoms with Crippen LogP contribution in [0.5, 0.6) is 0 Å². The van der Waals surface area contributed by atoms with Crippen LogP contribution in [0.25, 0.3) is 38.9 Å². The maximum absolute atomic E-state index is 16.3. The van der Waals surface area contributed by atoms with Crippen molar-refractivity contribution in [2.24, 2.45) is 5.92 Å². The minimum absolute atomic E-state index is 0.0118. The predicted octanol–water partition coefficient (Wildman–Crippen LogP) is 8.18. The van der Waals surface area contributed by atoms with E-state index < -0.39 is 44.9 Å². The van der Waals surface area contributed by atoms with E-state index in [0.717, 1.165) is 23.8 Å². The van der Waals surface area contributed by atoms with Crippen LogP contribution >= 0.6 is 0 Å². The van der Waals surface area contributed by atoms with Crippen LogP contribution in [-0.4, -0.2) is 69.6 Å². The van der Waals surface area contributed by atoms with Crippen molar-refractivity contribution in [3.05, 3.63) is 146 Å². The largest absolute Gasteiger partial charge is 0.438 e. The molecule has 8 aromatic rings. The van der Waals surface area contributed by atoms with Gasteiger partial charge in [-0.1, -0.05) is 24.2 Å². The summed E-state index contributed by atoms with van der Waals surface area (Å²) in [5.74, 6) is -1.13. The number of benzene rings is 3. The molecular formula is C50H49F2N9O6S. The van der Waals surface area contributed by atoms with Crippen molar-refractivity contribution < 1.29 is 26.5 Å². The van der Waals surface area contributed by atoms with Crippen molar-refractivity contribution in [3.8, 4) is 17.2 Å². The van der Waals surface area contributed by atoms with Gasteiger partial charge in [-0.15, -0.1) is 0 Å². The molecule has 0 spiro atoms. The molecule has 0 unspecified atom stereocenters. The average molecular weight is 942 g/mol. The number of fused-ring (bicyclic) bond motifs is 6. The van der Waals surface area contributed by atoms with Gasteiger partial charge in [-0.05, 0) is 143 Å². The summed E-state index contributed by atoms with van der Waals surface area (Å²) in [6.07, 6.45) is 10.0. The van der Waals surface area contributed by atoms with Gasteiger partial charge in [-0.2, -0.15) is 9.40 Å². The third-order valence-corrected chi connectivity index (χ3v) is 17.0. The Morgan fingerprint density at radius 2 is 1.68 bits per heavy atom. The van der Waals surface area contributed by atoms with Crippen molar-refractivity contribution in [1.82, 2.24) is 42.9 Å². The first kappa shape index (κ1) is 42.8. The lowest BCUT2D eigenvalue weighted by Crippen LogP contribution is -2.50. The number of aromatic nitrogens is 8. The fourth-order valence-corrected chi connectivity index (χ4v) is 13.9. The van der Waals surface area contributed by atoms with Gasteiger partial charge < -0.3 is 9.30 Å². The van der Waals surface area contributed by atoms with Crippen LogP contribution in [0.2, 0.25) is 0 Å². The first-order valence-electron chi connectivity index (χ1n) is 23.2. The molecule has 5 aromatic heterocycles. The third-order valence-electron chi connectivity index (χ3n) is 15.1. The fraction of sp³-hybridized carbons (Fsp3) is 0.380.